The van der Waals surface area contributed by atoms with Gasteiger partial charge in [-0.15, -0.1) is 0 Å². The van der Waals surface area contributed by atoms with E-state index < -0.39 is 0 Å². The lowest BCUT2D eigenvalue weighted by Crippen LogP contribution is -1.87. The maximum atomic E-state index is 8.48. The fourth-order valence-corrected chi connectivity index (χ4v) is 1.98. The van der Waals surface area contributed by atoms with Crippen LogP contribution in [0.3, 0.4) is 0 Å². The van der Waals surface area contributed by atoms with Crippen LogP contribution in [-0.4, -0.2) is 10.1 Å². The summed E-state index contributed by atoms with van der Waals surface area (Å²) in [6.45, 7) is 1.99. The summed E-state index contributed by atoms with van der Waals surface area (Å²) in [5, 5.41) is 12.4. The maximum absolute atomic E-state index is 8.48. The van der Waals surface area contributed by atoms with E-state index in [1.165, 1.54) is 0 Å². The van der Waals surface area contributed by atoms with E-state index in [1.54, 1.807) is 0 Å². The smallest absolute Gasteiger partial charge is 0.227 e. The van der Waals surface area contributed by atoms with Crippen molar-refractivity contribution in [2.24, 2.45) is 0 Å². The van der Waals surface area contributed by atoms with E-state index in [1.807, 2.05) is 25.1 Å². The van der Waals surface area contributed by atoms with E-state index in [0.29, 0.717) is 24.6 Å². The number of hydrogen-bond acceptors (Lipinski definition) is 4. The van der Waals surface area contributed by atoms with Gasteiger partial charge in [-0.25, -0.2) is 0 Å². The topological polar surface area (TPSA) is 62.7 Å². The van der Waals surface area contributed by atoms with Crippen LogP contribution >= 0.6 is 15.9 Å². The number of nitriles is 1. The minimum Gasteiger partial charge on any atom is -0.339 e. The SMILES string of the molecule is Cc1cc(Br)ccc1-c1noc(CCC#N)n1. The summed E-state index contributed by atoms with van der Waals surface area (Å²) in [4.78, 5) is 4.26. The van der Waals surface area contributed by atoms with Gasteiger partial charge in [0, 0.05) is 22.9 Å². The number of aromatic nitrogens is 2. The van der Waals surface area contributed by atoms with E-state index in [9.17, 15) is 0 Å². The van der Waals surface area contributed by atoms with Crippen molar-refractivity contribution in [2.45, 2.75) is 19.8 Å². The summed E-state index contributed by atoms with van der Waals surface area (Å²) in [7, 11) is 0. The maximum Gasteiger partial charge on any atom is 0.227 e. The summed E-state index contributed by atoms with van der Waals surface area (Å²) in [5.74, 6) is 1.08. The molecule has 0 aliphatic heterocycles. The molecule has 0 fully saturated rings. The Hall–Kier alpha value is -1.67. The van der Waals surface area contributed by atoms with Crippen LogP contribution in [0.4, 0.5) is 0 Å². The zero-order chi connectivity index (χ0) is 12.3. The van der Waals surface area contributed by atoms with Gasteiger partial charge in [-0.1, -0.05) is 21.1 Å². The van der Waals surface area contributed by atoms with Gasteiger partial charge in [-0.05, 0) is 30.7 Å². The number of halogens is 1. The Labute approximate surface area is 107 Å². The first-order valence-corrected chi connectivity index (χ1v) is 5.96. The molecule has 0 bridgehead atoms. The molecule has 2 rings (SSSR count). The second kappa shape index (κ2) is 5.11. The van der Waals surface area contributed by atoms with Crippen molar-refractivity contribution in [1.29, 1.82) is 5.26 Å². The normalized spacial score (nSPS) is 10.2. The van der Waals surface area contributed by atoms with Gasteiger partial charge < -0.3 is 4.52 Å². The molecule has 0 saturated heterocycles. The molecule has 0 spiro atoms. The molecule has 0 aliphatic rings. The Kier molecular flexibility index (Phi) is 3.55. The molecule has 17 heavy (non-hydrogen) atoms. The highest BCUT2D eigenvalue weighted by Crippen LogP contribution is 2.23. The van der Waals surface area contributed by atoms with Crippen molar-refractivity contribution >= 4 is 15.9 Å². The molecule has 0 aliphatic carbocycles. The fourth-order valence-electron chi connectivity index (χ4n) is 1.51. The highest BCUT2D eigenvalue weighted by Gasteiger charge is 2.10. The van der Waals surface area contributed by atoms with Crippen LogP contribution in [0.5, 0.6) is 0 Å². The number of rotatable bonds is 3. The van der Waals surface area contributed by atoms with E-state index in [0.717, 1.165) is 15.6 Å². The van der Waals surface area contributed by atoms with Gasteiger partial charge in [0.2, 0.25) is 11.7 Å². The summed E-state index contributed by atoms with van der Waals surface area (Å²) in [5.41, 5.74) is 2.02. The van der Waals surface area contributed by atoms with Crippen molar-refractivity contribution in [3.8, 4) is 17.5 Å². The fraction of sp³-hybridized carbons (Fsp3) is 0.250. The minimum atomic E-state index is 0.390. The Morgan fingerprint density at radius 2 is 2.29 bits per heavy atom. The lowest BCUT2D eigenvalue weighted by molar-refractivity contribution is 0.380. The average molecular weight is 292 g/mol. The van der Waals surface area contributed by atoms with Gasteiger partial charge in [0.1, 0.15) is 0 Å². The third kappa shape index (κ3) is 2.71. The second-order valence-corrected chi connectivity index (χ2v) is 4.54. The molecule has 0 unspecified atom stereocenters. The molecule has 0 N–H and O–H groups in total. The first-order valence-electron chi connectivity index (χ1n) is 5.17. The van der Waals surface area contributed by atoms with Crippen molar-refractivity contribution in [2.75, 3.05) is 0 Å². The molecule has 1 aromatic carbocycles. The Morgan fingerprint density at radius 1 is 1.47 bits per heavy atom. The van der Waals surface area contributed by atoms with Gasteiger partial charge >= 0.3 is 0 Å². The molecule has 2 aromatic rings. The van der Waals surface area contributed by atoms with Crippen LogP contribution in [-0.2, 0) is 6.42 Å². The van der Waals surface area contributed by atoms with Crippen LogP contribution in [0, 0.1) is 18.3 Å². The summed E-state index contributed by atoms with van der Waals surface area (Å²) in [6, 6.07) is 7.93. The van der Waals surface area contributed by atoms with E-state index in [2.05, 4.69) is 32.1 Å². The number of aryl methyl sites for hydroxylation is 2. The molecule has 0 amide bonds. The van der Waals surface area contributed by atoms with Crippen LogP contribution in [0.25, 0.3) is 11.4 Å². The molecule has 1 aromatic heterocycles. The molecule has 86 valence electrons. The lowest BCUT2D eigenvalue weighted by atomic mass is 10.1. The first-order chi connectivity index (χ1) is 8.20. The van der Waals surface area contributed by atoms with Gasteiger partial charge in [0.05, 0.1) is 6.07 Å². The molecule has 5 heteroatoms. The van der Waals surface area contributed by atoms with Gasteiger partial charge in [0.25, 0.3) is 0 Å². The Balaban J connectivity index is 2.28. The molecular formula is C12H10BrN3O. The van der Waals surface area contributed by atoms with Crippen molar-refractivity contribution in [3.63, 3.8) is 0 Å². The zero-order valence-electron chi connectivity index (χ0n) is 9.27. The van der Waals surface area contributed by atoms with E-state index in [4.69, 9.17) is 9.78 Å². The third-order valence-corrected chi connectivity index (χ3v) is 2.84. The van der Waals surface area contributed by atoms with Crippen LogP contribution in [0.1, 0.15) is 17.9 Å². The Morgan fingerprint density at radius 3 is 3.00 bits per heavy atom. The molecule has 0 saturated carbocycles. The predicted molar refractivity (Wildman–Crippen MR) is 66.1 cm³/mol. The number of nitrogens with zero attached hydrogens (tertiary/aromatic N) is 3. The highest BCUT2D eigenvalue weighted by molar-refractivity contribution is 9.10. The third-order valence-electron chi connectivity index (χ3n) is 2.35. The summed E-state index contributed by atoms with van der Waals surface area (Å²) >= 11 is 3.41. The molecule has 4 nitrogen and oxygen atoms in total. The minimum absolute atomic E-state index is 0.390. The molecule has 1 heterocycles. The standard InChI is InChI=1S/C12H10BrN3O/c1-8-7-9(13)4-5-10(8)12-15-11(17-16-12)3-2-6-14/h4-5,7H,2-3H2,1H3. The van der Waals surface area contributed by atoms with Crippen LogP contribution < -0.4 is 0 Å². The van der Waals surface area contributed by atoms with Gasteiger partial charge in [0.15, 0.2) is 0 Å². The molecule has 0 radical (unpaired) electrons. The molecule has 0 atom stereocenters. The highest BCUT2D eigenvalue weighted by atomic mass is 79.9. The first kappa shape index (κ1) is 11.8. The average Bonchev–Trinajstić information content (AvgIpc) is 2.75. The van der Waals surface area contributed by atoms with Crippen molar-refractivity contribution in [3.05, 3.63) is 34.1 Å². The lowest BCUT2D eigenvalue weighted by Gasteiger charge is -2.00. The van der Waals surface area contributed by atoms with Crippen LogP contribution in [0.15, 0.2) is 27.2 Å². The van der Waals surface area contributed by atoms with Gasteiger partial charge in [-0.2, -0.15) is 10.2 Å². The summed E-state index contributed by atoms with van der Waals surface area (Å²) < 4.78 is 6.10. The predicted octanol–water partition coefficient (Wildman–Crippen LogP) is 3.26. The Bertz CT molecular complexity index is 571. The van der Waals surface area contributed by atoms with Crippen molar-refractivity contribution in [1.82, 2.24) is 10.1 Å². The molecular weight excluding hydrogens is 282 g/mol. The van der Waals surface area contributed by atoms with Crippen molar-refractivity contribution < 1.29 is 4.52 Å². The van der Waals surface area contributed by atoms with Crippen LogP contribution in [0.2, 0.25) is 0 Å². The summed E-state index contributed by atoms with van der Waals surface area (Å²) in [6.07, 6.45) is 0.889. The van der Waals surface area contributed by atoms with Gasteiger partial charge in [-0.3, -0.25) is 0 Å². The number of hydrogen-bond donors (Lipinski definition) is 0. The number of benzene rings is 1. The van der Waals surface area contributed by atoms with E-state index in [-0.39, 0.29) is 0 Å². The monoisotopic (exact) mass is 291 g/mol. The second-order valence-electron chi connectivity index (χ2n) is 3.63. The largest absolute Gasteiger partial charge is 0.339 e. The zero-order valence-corrected chi connectivity index (χ0v) is 10.9. The quantitative estimate of drug-likeness (QED) is 0.871. The van der Waals surface area contributed by atoms with E-state index >= 15 is 0 Å².